The van der Waals surface area contributed by atoms with Gasteiger partial charge < -0.3 is 4.57 Å². The summed E-state index contributed by atoms with van der Waals surface area (Å²) in [5, 5.41) is 1.13. The average molecular weight is 281 g/mol. The molecule has 0 saturated heterocycles. The van der Waals surface area contributed by atoms with Gasteiger partial charge >= 0.3 is 0 Å². The minimum Gasteiger partial charge on any atom is -0.305 e. The fraction of sp³-hybridized carbons (Fsp3) is 0.188. The van der Waals surface area contributed by atoms with Crippen molar-refractivity contribution in [2.24, 2.45) is 0 Å². The Morgan fingerprint density at radius 1 is 1.00 bits per heavy atom. The highest BCUT2D eigenvalue weighted by atomic mass is 32.2. The number of fused-ring (bicyclic) bond motifs is 3. The Hall–Kier alpha value is -1.78. The van der Waals surface area contributed by atoms with Crippen LogP contribution in [-0.2, 0) is 13.2 Å². The lowest BCUT2D eigenvalue weighted by atomic mass is 10.2. The predicted octanol–water partition coefficient (Wildman–Crippen LogP) is 3.56. The molecule has 3 nitrogen and oxygen atoms in total. The Morgan fingerprint density at radius 2 is 1.80 bits per heavy atom. The molecule has 0 fully saturated rings. The van der Waals surface area contributed by atoms with Crippen LogP contribution in [0, 0.1) is 0 Å². The SMILES string of the molecule is c1ccc(CN2CSc3nc4ccccc4n3C2)cc1. The molecule has 1 aromatic heterocycles. The van der Waals surface area contributed by atoms with Gasteiger partial charge in [-0.2, -0.15) is 0 Å². The van der Waals surface area contributed by atoms with Gasteiger partial charge in [0.2, 0.25) is 0 Å². The average Bonchev–Trinajstić information content (AvgIpc) is 2.86. The summed E-state index contributed by atoms with van der Waals surface area (Å²) in [7, 11) is 0. The van der Waals surface area contributed by atoms with Crippen molar-refractivity contribution in [2.75, 3.05) is 5.88 Å². The molecule has 0 radical (unpaired) electrons. The minimum atomic E-state index is 0.914. The third-order valence-electron chi connectivity index (χ3n) is 3.59. The van der Waals surface area contributed by atoms with Crippen LogP contribution in [0.25, 0.3) is 11.0 Å². The topological polar surface area (TPSA) is 21.1 Å². The summed E-state index contributed by atoms with van der Waals surface area (Å²) in [5.74, 6) is 0.998. The van der Waals surface area contributed by atoms with Crippen LogP contribution in [-0.4, -0.2) is 20.3 Å². The number of hydrogen-bond donors (Lipinski definition) is 0. The van der Waals surface area contributed by atoms with Gasteiger partial charge in [-0.25, -0.2) is 4.98 Å². The fourth-order valence-corrected chi connectivity index (χ4v) is 3.57. The van der Waals surface area contributed by atoms with E-state index in [-0.39, 0.29) is 0 Å². The van der Waals surface area contributed by atoms with Crippen molar-refractivity contribution in [3.05, 3.63) is 60.2 Å². The zero-order valence-electron chi connectivity index (χ0n) is 11.1. The third kappa shape index (κ3) is 2.11. The number of rotatable bonds is 2. The van der Waals surface area contributed by atoms with Crippen LogP contribution in [0.2, 0.25) is 0 Å². The second kappa shape index (κ2) is 4.96. The maximum atomic E-state index is 4.69. The van der Waals surface area contributed by atoms with E-state index < -0.39 is 0 Å². The van der Waals surface area contributed by atoms with Crippen LogP contribution >= 0.6 is 11.8 Å². The van der Waals surface area contributed by atoms with E-state index >= 15 is 0 Å². The molecule has 0 unspecified atom stereocenters. The molecular weight excluding hydrogens is 266 g/mol. The van der Waals surface area contributed by atoms with Crippen molar-refractivity contribution >= 4 is 22.8 Å². The number of thioether (sulfide) groups is 1. The first-order valence-corrected chi connectivity index (χ1v) is 7.73. The maximum Gasteiger partial charge on any atom is 0.171 e. The molecule has 0 bridgehead atoms. The van der Waals surface area contributed by atoms with Gasteiger partial charge in [-0.1, -0.05) is 54.2 Å². The molecule has 0 aliphatic carbocycles. The maximum absolute atomic E-state index is 4.69. The van der Waals surface area contributed by atoms with Crippen molar-refractivity contribution in [3.8, 4) is 0 Å². The van der Waals surface area contributed by atoms with Crippen molar-refractivity contribution in [3.63, 3.8) is 0 Å². The van der Waals surface area contributed by atoms with Gasteiger partial charge in [-0.05, 0) is 17.7 Å². The first-order chi connectivity index (χ1) is 9.90. The van der Waals surface area contributed by atoms with E-state index in [2.05, 4.69) is 58.0 Å². The van der Waals surface area contributed by atoms with Gasteiger partial charge in [-0.3, -0.25) is 4.90 Å². The Morgan fingerprint density at radius 3 is 2.70 bits per heavy atom. The highest BCUT2D eigenvalue weighted by molar-refractivity contribution is 7.99. The number of benzene rings is 2. The summed E-state index contributed by atoms with van der Waals surface area (Å²) < 4.78 is 2.31. The third-order valence-corrected chi connectivity index (χ3v) is 4.65. The van der Waals surface area contributed by atoms with Crippen molar-refractivity contribution in [1.82, 2.24) is 14.5 Å². The Bertz CT molecular complexity index is 736. The summed E-state index contributed by atoms with van der Waals surface area (Å²) in [6.07, 6.45) is 0. The summed E-state index contributed by atoms with van der Waals surface area (Å²) in [4.78, 5) is 7.14. The second-order valence-corrected chi connectivity index (χ2v) is 5.95. The molecule has 1 aliphatic rings. The van der Waals surface area contributed by atoms with Crippen LogP contribution < -0.4 is 0 Å². The summed E-state index contributed by atoms with van der Waals surface area (Å²) >= 11 is 1.82. The smallest absolute Gasteiger partial charge is 0.171 e. The van der Waals surface area contributed by atoms with Crippen molar-refractivity contribution < 1.29 is 0 Å². The van der Waals surface area contributed by atoms with E-state index in [0.717, 1.165) is 29.8 Å². The van der Waals surface area contributed by atoms with Crippen LogP contribution in [0.4, 0.5) is 0 Å². The number of para-hydroxylation sites is 2. The monoisotopic (exact) mass is 281 g/mol. The van der Waals surface area contributed by atoms with Gasteiger partial charge in [0.15, 0.2) is 5.16 Å². The molecule has 100 valence electrons. The van der Waals surface area contributed by atoms with E-state index in [9.17, 15) is 0 Å². The number of aromatic nitrogens is 2. The lowest BCUT2D eigenvalue weighted by Gasteiger charge is -2.27. The zero-order valence-corrected chi connectivity index (χ0v) is 11.9. The van der Waals surface area contributed by atoms with E-state index in [1.165, 1.54) is 11.1 Å². The molecular formula is C16H15N3S. The predicted molar refractivity (Wildman–Crippen MR) is 82.4 cm³/mol. The van der Waals surface area contributed by atoms with E-state index in [0.29, 0.717) is 0 Å². The van der Waals surface area contributed by atoms with Crippen LogP contribution in [0.5, 0.6) is 0 Å². The molecule has 1 aliphatic heterocycles. The number of hydrogen-bond acceptors (Lipinski definition) is 3. The van der Waals surface area contributed by atoms with E-state index in [1.54, 1.807) is 0 Å². The molecule has 4 rings (SSSR count). The molecule has 2 heterocycles. The van der Waals surface area contributed by atoms with Crippen LogP contribution in [0.3, 0.4) is 0 Å². The quantitative estimate of drug-likeness (QED) is 0.716. The molecule has 0 atom stereocenters. The molecule has 3 aromatic rings. The number of nitrogens with zero attached hydrogens (tertiary/aromatic N) is 3. The van der Waals surface area contributed by atoms with E-state index in [1.807, 2.05) is 17.8 Å². The Labute approximate surface area is 122 Å². The lowest BCUT2D eigenvalue weighted by molar-refractivity contribution is 0.234. The van der Waals surface area contributed by atoms with Gasteiger partial charge in [0.1, 0.15) is 0 Å². The second-order valence-electron chi connectivity index (χ2n) is 5.04. The first-order valence-electron chi connectivity index (χ1n) is 6.74. The van der Waals surface area contributed by atoms with Crippen molar-refractivity contribution in [1.29, 1.82) is 0 Å². The molecule has 0 saturated carbocycles. The standard InChI is InChI=1S/C16H15N3S/c1-2-6-13(7-3-1)10-18-11-19-15-9-5-4-8-14(15)17-16(19)20-12-18/h1-9H,10-12H2. The summed E-state index contributed by atoms with van der Waals surface area (Å²) in [6, 6.07) is 19.0. The van der Waals surface area contributed by atoms with Gasteiger partial charge in [0, 0.05) is 6.54 Å². The molecule has 20 heavy (non-hydrogen) atoms. The largest absolute Gasteiger partial charge is 0.305 e. The highest BCUT2D eigenvalue weighted by Gasteiger charge is 2.20. The zero-order chi connectivity index (χ0) is 13.4. The van der Waals surface area contributed by atoms with Gasteiger partial charge in [0.05, 0.1) is 23.6 Å². The normalized spacial score (nSPS) is 15.4. The Kier molecular flexibility index (Phi) is 2.98. The van der Waals surface area contributed by atoms with Crippen LogP contribution in [0.1, 0.15) is 5.56 Å². The molecule has 2 aromatic carbocycles. The van der Waals surface area contributed by atoms with Gasteiger partial charge in [-0.15, -0.1) is 0 Å². The van der Waals surface area contributed by atoms with Crippen LogP contribution in [0.15, 0.2) is 59.8 Å². The fourth-order valence-electron chi connectivity index (χ4n) is 2.63. The number of imidazole rings is 1. The van der Waals surface area contributed by atoms with Crippen molar-refractivity contribution in [2.45, 2.75) is 18.4 Å². The molecule has 0 N–H and O–H groups in total. The van der Waals surface area contributed by atoms with Gasteiger partial charge in [0.25, 0.3) is 0 Å². The summed E-state index contributed by atoms with van der Waals surface area (Å²) in [6.45, 7) is 1.90. The minimum absolute atomic E-state index is 0.914. The lowest BCUT2D eigenvalue weighted by Crippen LogP contribution is -2.29. The first kappa shape index (κ1) is 12.0. The Balaban J connectivity index is 1.63. The van der Waals surface area contributed by atoms with E-state index in [4.69, 9.17) is 4.98 Å². The molecule has 0 spiro atoms. The highest BCUT2D eigenvalue weighted by Crippen LogP contribution is 2.29. The molecule has 0 amide bonds. The molecule has 4 heteroatoms. The summed E-state index contributed by atoms with van der Waals surface area (Å²) in [5.41, 5.74) is 3.69.